The summed E-state index contributed by atoms with van der Waals surface area (Å²) in [5.41, 5.74) is 6.78. The maximum absolute atomic E-state index is 2.26. The van der Waals surface area contributed by atoms with Gasteiger partial charge in [-0.05, 0) is 57.4 Å². The molecule has 0 fully saturated rings. The summed E-state index contributed by atoms with van der Waals surface area (Å²) in [5.74, 6) is 0. The summed E-state index contributed by atoms with van der Waals surface area (Å²) in [6, 6.07) is 11.2. The first-order valence-corrected chi connectivity index (χ1v) is 7.12. The molecule has 0 aromatic heterocycles. The minimum Gasteiger partial charge on any atom is -0.0893 e. The van der Waals surface area contributed by atoms with Gasteiger partial charge in [0.1, 0.15) is 0 Å². The molecule has 2 aromatic carbocycles. The van der Waals surface area contributed by atoms with Crippen LogP contribution >= 0.6 is 11.8 Å². The summed E-state index contributed by atoms with van der Waals surface area (Å²) in [6.45, 7) is 10.9. The highest BCUT2D eigenvalue weighted by Crippen LogP contribution is 2.35. The maximum atomic E-state index is 2.26. The van der Waals surface area contributed by atoms with E-state index in [1.165, 1.54) is 37.6 Å². The van der Waals surface area contributed by atoms with Gasteiger partial charge in [0.25, 0.3) is 0 Å². The van der Waals surface area contributed by atoms with E-state index in [0.29, 0.717) is 0 Å². The van der Waals surface area contributed by atoms with Gasteiger partial charge in [-0.1, -0.05) is 47.2 Å². The predicted molar refractivity (Wildman–Crippen MR) is 80.7 cm³/mol. The maximum Gasteiger partial charge on any atom is 0.0181 e. The predicted octanol–water partition coefficient (Wildman–Crippen LogP) is 5.38. The largest absolute Gasteiger partial charge is 0.0893 e. The molecule has 0 atom stereocenters. The van der Waals surface area contributed by atoms with E-state index in [9.17, 15) is 0 Å². The van der Waals surface area contributed by atoms with Crippen LogP contribution in [0.4, 0.5) is 0 Å². The molecule has 1 heteroatoms. The van der Waals surface area contributed by atoms with Gasteiger partial charge < -0.3 is 0 Å². The Morgan fingerprint density at radius 2 is 1.22 bits per heavy atom. The van der Waals surface area contributed by atoms with Crippen LogP contribution in [0.25, 0.3) is 0 Å². The second-order valence-electron chi connectivity index (χ2n) is 5.10. The lowest BCUT2D eigenvalue weighted by Crippen LogP contribution is -1.89. The van der Waals surface area contributed by atoms with Crippen molar-refractivity contribution in [2.75, 3.05) is 0 Å². The summed E-state index contributed by atoms with van der Waals surface area (Å²) in [6.07, 6.45) is 0. The molecule has 2 rings (SSSR count). The number of hydrogen-bond acceptors (Lipinski definition) is 1. The van der Waals surface area contributed by atoms with Crippen LogP contribution in [-0.4, -0.2) is 0 Å². The molecule has 0 bridgehead atoms. The molecule has 0 radical (unpaired) electrons. The zero-order chi connectivity index (χ0) is 13.3. The first kappa shape index (κ1) is 13.2. The summed E-state index contributed by atoms with van der Waals surface area (Å²) < 4.78 is 0. The van der Waals surface area contributed by atoms with Crippen molar-refractivity contribution in [2.45, 2.75) is 44.4 Å². The standard InChI is InChI=1S/C17H20S/c1-11-6-7-16(13(3)8-11)18-17-14(4)9-12(2)10-15(17)5/h6-10H,1-5H3. The van der Waals surface area contributed by atoms with Gasteiger partial charge >= 0.3 is 0 Å². The summed E-state index contributed by atoms with van der Waals surface area (Å²) >= 11 is 1.88. The number of benzene rings is 2. The molecule has 0 saturated carbocycles. The van der Waals surface area contributed by atoms with Crippen molar-refractivity contribution in [1.29, 1.82) is 0 Å². The van der Waals surface area contributed by atoms with E-state index in [-0.39, 0.29) is 0 Å². The third-order valence-electron chi connectivity index (χ3n) is 3.15. The summed E-state index contributed by atoms with van der Waals surface area (Å²) in [4.78, 5) is 2.75. The molecule has 2 aromatic rings. The van der Waals surface area contributed by atoms with Gasteiger partial charge in [0.15, 0.2) is 0 Å². The van der Waals surface area contributed by atoms with Crippen molar-refractivity contribution < 1.29 is 0 Å². The van der Waals surface area contributed by atoms with Gasteiger partial charge in [0.2, 0.25) is 0 Å². The molecule has 0 aliphatic heterocycles. The lowest BCUT2D eigenvalue weighted by Gasteiger charge is -2.12. The molecule has 0 saturated heterocycles. The topological polar surface area (TPSA) is 0 Å². The fraction of sp³-hybridized carbons (Fsp3) is 0.294. The Hall–Kier alpha value is -1.21. The average molecular weight is 256 g/mol. The molecule has 0 N–H and O–H groups in total. The van der Waals surface area contributed by atoms with Crippen molar-refractivity contribution in [3.05, 3.63) is 58.1 Å². The Bertz CT molecular complexity index is 559. The van der Waals surface area contributed by atoms with E-state index in [0.717, 1.165) is 0 Å². The average Bonchev–Trinajstić information content (AvgIpc) is 2.25. The van der Waals surface area contributed by atoms with Gasteiger partial charge in [0.05, 0.1) is 0 Å². The van der Waals surface area contributed by atoms with Crippen LogP contribution in [-0.2, 0) is 0 Å². The van der Waals surface area contributed by atoms with E-state index in [1.807, 2.05) is 11.8 Å². The van der Waals surface area contributed by atoms with E-state index in [2.05, 4.69) is 65.0 Å². The monoisotopic (exact) mass is 256 g/mol. The van der Waals surface area contributed by atoms with E-state index in [1.54, 1.807) is 0 Å². The van der Waals surface area contributed by atoms with Gasteiger partial charge in [-0.3, -0.25) is 0 Å². The first-order valence-electron chi connectivity index (χ1n) is 6.30. The van der Waals surface area contributed by atoms with Crippen molar-refractivity contribution in [3.8, 4) is 0 Å². The van der Waals surface area contributed by atoms with Crippen molar-refractivity contribution >= 4 is 11.8 Å². The van der Waals surface area contributed by atoms with Crippen LogP contribution < -0.4 is 0 Å². The Labute approximate surface area is 114 Å². The van der Waals surface area contributed by atoms with Crippen LogP contribution in [0.15, 0.2) is 40.1 Å². The van der Waals surface area contributed by atoms with Crippen molar-refractivity contribution in [1.82, 2.24) is 0 Å². The third-order valence-corrected chi connectivity index (χ3v) is 4.67. The Morgan fingerprint density at radius 1 is 0.667 bits per heavy atom. The fourth-order valence-corrected chi connectivity index (χ4v) is 3.37. The zero-order valence-electron chi connectivity index (χ0n) is 11.8. The summed E-state index contributed by atoms with van der Waals surface area (Å²) in [5, 5.41) is 0. The zero-order valence-corrected chi connectivity index (χ0v) is 12.6. The van der Waals surface area contributed by atoms with E-state index >= 15 is 0 Å². The van der Waals surface area contributed by atoms with Gasteiger partial charge in [-0.15, -0.1) is 0 Å². The molecular weight excluding hydrogens is 236 g/mol. The van der Waals surface area contributed by atoms with E-state index < -0.39 is 0 Å². The molecule has 0 heterocycles. The van der Waals surface area contributed by atoms with Crippen LogP contribution in [0, 0.1) is 34.6 Å². The number of aryl methyl sites for hydroxylation is 5. The highest BCUT2D eigenvalue weighted by molar-refractivity contribution is 7.99. The summed E-state index contributed by atoms with van der Waals surface area (Å²) in [7, 11) is 0. The minimum absolute atomic E-state index is 1.33. The molecular formula is C17H20S. The molecule has 94 valence electrons. The highest BCUT2D eigenvalue weighted by Gasteiger charge is 2.07. The van der Waals surface area contributed by atoms with Gasteiger partial charge in [-0.25, -0.2) is 0 Å². The van der Waals surface area contributed by atoms with Gasteiger partial charge in [0, 0.05) is 9.79 Å². The smallest absolute Gasteiger partial charge is 0.0181 e. The van der Waals surface area contributed by atoms with Crippen LogP contribution in [0.2, 0.25) is 0 Å². The molecule has 0 aliphatic rings. The molecule has 0 spiro atoms. The lowest BCUT2D eigenvalue weighted by molar-refractivity contribution is 1.18. The lowest BCUT2D eigenvalue weighted by atomic mass is 10.1. The molecule has 0 aliphatic carbocycles. The second-order valence-corrected chi connectivity index (χ2v) is 6.15. The second kappa shape index (κ2) is 5.19. The van der Waals surface area contributed by atoms with Crippen LogP contribution in [0.1, 0.15) is 27.8 Å². The van der Waals surface area contributed by atoms with Crippen molar-refractivity contribution in [2.24, 2.45) is 0 Å². The molecule has 0 nitrogen and oxygen atoms in total. The molecule has 0 unspecified atom stereocenters. The van der Waals surface area contributed by atoms with Crippen molar-refractivity contribution in [3.63, 3.8) is 0 Å². The quantitative estimate of drug-likeness (QED) is 0.695. The van der Waals surface area contributed by atoms with E-state index in [4.69, 9.17) is 0 Å². The highest BCUT2D eigenvalue weighted by atomic mass is 32.2. The number of hydrogen-bond donors (Lipinski definition) is 0. The van der Waals surface area contributed by atoms with Gasteiger partial charge in [-0.2, -0.15) is 0 Å². The number of rotatable bonds is 2. The fourth-order valence-electron chi connectivity index (χ4n) is 2.35. The first-order chi connectivity index (χ1) is 8.47. The van der Waals surface area contributed by atoms with Crippen LogP contribution in [0.3, 0.4) is 0 Å². The SMILES string of the molecule is Cc1ccc(Sc2c(C)cc(C)cc2C)c(C)c1. The minimum atomic E-state index is 1.33. The Balaban J connectivity index is 2.40. The van der Waals surface area contributed by atoms with Crippen LogP contribution in [0.5, 0.6) is 0 Å². The molecule has 18 heavy (non-hydrogen) atoms. The Kier molecular flexibility index (Phi) is 3.82. The normalized spacial score (nSPS) is 10.7. The molecule has 0 amide bonds. The Morgan fingerprint density at radius 3 is 1.78 bits per heavy atom. The third kappa shape index (κ3) is 2.78.